The van der Waals surface area contributed by atoms with Crippen LogP contribution in [-0.2, 0) is 4.74 Å². The van der Waals surface area contributed by atoms with Crippen molar-refractivity contribution in [1.82, 2.24) is 0 Å². The van der Waals surface area contributed by atoms with Gasteiger partial charge in [-0.25, -0.2) is 0 Å². The second-order valence-electron chi connectivity index (χ2n) is 1.71. The Hall–Kier alpha value is -0.500. The Labute approximate surface area is 56.1 Å². The monoisotopic (exact) mass is 130 g/mol. The van der Waals surface area contributed by atoms with Gasteiger partial charge in [-0.2, -0.15) is 0 Å². The summed E-state index contributed by atoms with van der Waals surface area (Å²) >= 11 is 0. The molecule has 0 saturated heterocycles. The molecular weight excluding hydrogens is 116 g/mol. The van der Waals surface area contributed by atoms with Crippen molar-refractivity contribution in [3.8, 4) is 0 Å². The van der Waals surface area contributed by atoms with Gasteiger partial charge in [0.2, 0.25) is 6.29 Å². The van der Waals surface area contributed by atoms with E-state index in [9.17, 15) is 0 Å². The molecule has 0 fully saturated rings. The van der Waals surface area contributed by atoms with E-state index in [1.54, 1.807) is 0 Å². The quantitative estimate of drug-likeness (QED) is 0.538. The molecule has 1 aliphatic heterocycles. The number of ether oxygens (including phenoxy) is 1. The molecule has 0 radical (unpaired) electrons. The second-order valence-corrected chi connectivity index (χ2v) is 1.71. The van der Waals surface area contributed by atoms with Crippen molar-refractivity contribution < 1.29 is 9.84 Å². The fourth-order valence-corrected chi connectivity index (χ4v) is 0.469. The van der Waals surface area contributed by atoms with Crippen LogP contribution in [0.15, 0.2) is 12.3 Å². The van der Waals surface area contributed by atoms with Crippen molar-refractivity contribution in [1.29, 1.82) is 0 Å². The molecule has 0 saturated carbocycles. The molecule has 2 unspecified atom stereocenters. The first kappa shape index (κ1) is 8.50. The van der Waals surface area contributed by atoms with E-state index in [0.29, 0.717) is 0 Å². The van der Waals surface area contributed by atoms with Crippen LogP contribution >= 0.6 is 0 Å². The van der Waals surface area contributed by atoms with Gasteiger partial charge in [0.25, 0.3) is 0 Å². The summed E-state index contributed by atoms with van der Waals surface area (Å²) in [7, 11) is 0. The van der Waals surface area contributed by atoms with Crippen molar-refractivity contribution in [2.75, 3.05) is 0 Å². The minimum Gasteiger partial charge on any atom is -0.472 e. The van der Waals surface area contributed by atoms with Crippen LogP contribution in [0.1, 0.15) is 20.8 Å². The maximum Gasteiger partial charge on any atom is 0.202 e. The maximum atomic E-state index is 8.71. The lowest BCUT2D eigenvalue weighted by Crippen LogP contribution is -2.10. The van der Waals surface area contributed by atoms with Crippen LogP contribution in [0.25, 0.3) is 0 Å². The number of rotatable bonds is 0. The van der Waals surface area contributed by atoms with Gasteiger partial charge in [-0.1, -0.05) is 20.8 Å². The van der Waals surface area contributed by atoms with Gasteiger partial charge in [-0.3, -0.25) is 0 Å². The molecule has 0 aromatic rings. The summed E-state index contributed by atoms with van der Waals surface area (Å²) in [5.41, 5.74) is 0. The number of aliphatic hydroxyl groups excluding tert-OH is 1. The van der Waals surface area contributed by atoms with E-state index in [1.165, 1.54) is 6.26 Å². The fourth-order valence-electron chi connectivity index (χ4n) is 0.469. The van der Waals surface area contributed by atoms with Crippen LogP contribution in [0.3, 0.4) is 0 Å². The van der Waals surface area contributed by atoms with Crippen molar-refractivity contribution in [2.24, 2.45) is 5.92 Å². The van der Waals surface area contributed by atoms with Gasteiger partial charge >= 0.3 is 0 Å². The van der Waals surface area contributed by atoms with Gasteiger partial charge < -0.3 is 9.84 Å². The Balaban J connectivity index is 0.000000291. The van der Waals surface area contributed by atoms with E-state index in [0.717, 1.165) is 0 Å². The number of hydrogen-bond acceptors (Lipinski definition) is 2. The van der Waals surface area contributed by atoms with E-state index >= 15 is 0 Å². The van der Waals surface area contributed by atoms with E-state index in [-0.39, 0.29) is 5.92 Å². The lowest BCUT2D eigenvalue weighted by atomic mass is 10.2. The van der Waals surface area contributed by atoms with Crippen LogP contribution in [-0.4, -0.2) is 11.4 Å². The van der Waals surface area contributed by atoms with Gasteiger partial charge in [0.1, 0.15) is 0 Å². The van der Waals surface area contributed by atoms with E-state index in [1.807, 2.05) is 26.8 Å². The predicted molar refractivity (Wildman–Crippen MR) is 36.7 cm³/mol. The molecule has 9 heavy (non-hydrogen) atoms. The van der Waals surface area contributed by atoms with Gasteiger partial charge in [0.15, 0.2) is 0 Å². The lowest BCUT2D eigenvalue weighted by molar-refractivity contribution is -0.0572. The average molecular weight is 130 g/mol. The molecule has 0 amide bonds. The summed E-state index contributed by atoms with van der Waals surface area (Å²) in [6, 6.07) is 0. The van der Waals surface area contributed by atoms with Crippen molar-refractivity contribution in [3.05, 3.63) is 12.3 Å². The van der Waals surface area contributed by atoms with Crippen LogP contribution < -0.4 is 0 Å². The van der Waals surface area contributed by atoms with Crippen LogP contribution in [0.2, 0.25) is 0 Å². The van der Waals surface area contributed by atoms with Crippen molar-refractivity contribution in [3.63, 3.8) is 0 Å². The molecule has 2 heteroatoms. The highest BCUT2D eigenvalue weighted by Crippen LogP contribution is 2.12. The predicted octanol–water partition coefficient (Wildman–Crippen LogP) is 1.51. The number of hydrogen-bond donors (Lipinski definition) is 1. The van der Waals surface area contributed by atoms with Crippen molar-refractivity contribution in [2.45, 2.75) is 27.1 Å². The highest BCUT2D eigenvalue weighted by molar-refractivity contribution is 4.88. The zero-order valence-corrected chi connectivity index (χ0v) is 6.16. The average Bonchev–Trinajstić information content (AvgIpc) is 2.23. The summed E-state index contributed by atoms with van der Waals surface area (Å²) in [6.07, 6.45) is 2.75. The van der Waals surface area contributed by atoms with Crippen LogP contribution in [0.5, 0.6) is 0 Å². The summed E-state index contributed by atoms with van der Waals surface area (Å²) in [5.74, 6) is 0.167. The van der Waals surface area contributed by atoms with Gasteiger partial charge in [0, 0.05) is 5.92 Å². The molecule has 0 spiro atoms. The molecule has 54 valence electrons. The molecule has 1 heterocycles. The molecule has 2 atom stereocenters. The van der Waals surface area contributed by atoms with Gasteiger partial charge in [-0.15, -0.1) is 0 Å². The minimum atomic E-state index is -0.597. The van der Waals surface area contributed by atoms with Gasteiger partial charge in [-0.05, 0) is 6.08 Å². The molecule has 0 aromatic carbocycles. The summed E-state index contributed by atoms with van der Waals surface area (Å²) in [4.78, 5) is 0. The highest BCUT2D eigenvalue weighted by Gasteiger charge is 2.14. The SMILES string of the molecule is CC.CC1C=COC1O. The Morgan fingerprint density at radius 2 is 2.00 bits per heavy atom. The third kappa shape index (κ3) is 2.51. The lowest BCUT2D eigenvalue weighted by Gasteiger charge is -2.04. The first-order valence-corrected chi connectivity index (χ1v) is 3.31. The first-order chi connectivity index (χ1) is 4.30. The zero-order chi connectivity index (χ0) is 7.28. The third-order valence-corrected chi connectivity index (χ3v) is 1.05. The van der Waals surface area contributed by atoms with Crippen LogP contribution in [0.4, 0.5) is 0 Å². The summed E-state index contributed by atoms with van der Waals surface area (Å²) < 4.78 is 4.64. The molecule has 0 aromatic heterocycles. The third-order valence-electron chi connectivity index (χ3n) is 1.05. The van der Waals surface area contributed by atoms with Crippen LogP contribution in [0, 0.1) is 5.92 Å². The van der Waals surface area contributed by atoms with Gasteiger partial charge in [0.05, 0.1) is 6.26 Å². The Bertz CT molecular complexity index is 88.9. The highest BCUT2D eigenvalue weighted by atomic mass is 16.6. The van der Waals surface area contributed by atoms with E-state index in [2.05, 4.69) is 4.74 Å². The normalized spacial score (nSPS) is 30.7. The molecular formula is C7H14O2. The Morgan fingerprint density at radius 3 is 2.11 bits per heavy atom. The van der Waals surface area contributed by atoms with E-state index in [4.69, 9.17) is 5.11 Å². The molecule has 1 rings (SSSR count). The van der Waals surface area contributed by atoms with Crippen molar-refractivity contribution >= 4 is 0 Å². The Kier molecular flexibility index (Phi) is 4.14. The molecule has 2 nitrogen and oxygen atoms in total. The largest absolute Gasteiger partial charge is 0.472 e. The maximum absolute atomic E-state index is 8.71. The Morgan fingerprint density at radius 1 is 1.44 bits per heavy atom. The smallest absolute Gasteiger partial charge is 0.202 e. The summed E-state index contributed by atoms with van der Waals surface area (Å²) in [6.45, 7) is 5.90. The molecule has 0 aliphatic carbocycles. The molecule has 0 bridgehead atoms. The standard InChI is InChI=1S/C5H8O2.C2H6/c1-4-2-3-7-5(4)6;1-2/h2-6H,1H3;1-2H3. The topological polar surface area (TPSA) is 29.5 Å². The van der Waals surface area contributed by atoms with E-state index < -0.39 is 6.29 Å². The molecule has 1 N–H and O–H groups in total. The minimum absolute atomic E-state index is 0.167. The summed E-state index contributed by atoms with van der Waals surface area (Å²) in [5, 5.41) is 8.71. The number of aliphatic hydroxyl groups is 1. The second kappa shape index (κ2) is 4.39. The zero-order valence-electron chi connectivity index (χ0n) is 6.16. The first-order valence-electron chi connectivity index (χ1n) is 3.31. The molecule has 1 aliphatic rings. The fraction of sp³-hybridized carbons (Fsp3) is 0.714.